The molecule has 0 aliphatic heterocycles. The summed E-state index contributed by atoms with van der Waals surface area (Å²) in [5, 5.41) is 3.88. The lowest BCUT2D eigenvalue weighted by molar-refractivity contribution is 0.357. The molecule has 0 aromatic rings. The van der Waals surface area contributed by atoms with Gasteiger partial charge in [0.05, 0.1) is 0 Å². The van der Waals surface area contributed by atoms with Crippen LogP contribution >= 0.6 is 12.6 Å². The average molecular weight is 187 g/mol. The molecule has 0 saturated heterocycles. The van der Waals surface area contributed by atoms with Gasteiger partial charge in [-0.15, -0.1) is 0 Å². The molecule has 0 spiro atoms. The Labute approximate surface area is 81.7 Å². The van der Waals surface area contributed by atoms with E-state index in [1.54, 1.807) is 0 Å². The lowest BCUT2D eigenvalue weighted by Crippen LogP contribution is -2.37. The first-order chi connectivity index (χ1) is 5.70. The molecular weight excluding hydrogens is 166 g/mol. The van der Waals surface area contributed by atoms with E-state index in [-0.39, 0.29) is 0 Å². The number of nitrogens with one attached hydrogen (secondary N) is 1. The second-order valence-electron chi connectivity index (χ2n) is 4.06. The van der Waals surface area contributed by atoms with Gasteiger partial charge < -0.3 is 5.32 Å². The van der Waals surface area contributed by atoms with E-state index < -0.39 is 0 Å². The second kappa shape index (κ2) is 5.13. The van der Waals surface area contributed by atoms with Crippen LogP contribution in [0.1, 0.15) is 46.0 Å². The van der Waals surface area contributed by atoms with Crippen LogP contribution in [0, 0.1) is 5.92 Å². The van der Waals surface area contributed by atoms with Crippen LogP contribution < -0.4 is 5.32 Å². The summed E-state index contributed by atoms with van der Waals surface area (Å²) in [6.07, 6.45) is 6.95. The molecule has 3 atom stereocenters. The van der Waals surface area contributed by atoms with Crippen molar-refractivity contribution in [3.05, 3.63) is 0 Å². The normalized spacial score (nSPS) is 34.2. The summed E-state index contributed by atoms with van der Waals surface area (Å²) in [5.74, 6) is 0.835. The third-order valence-corrected chi connectivity index (χ3v) is 2.97. The molecule has 2 heteroatoms. The SMILES string of the molecule is CC(S)NC1CCCCCC1C. The molecule has 0 aromatic carbocycles. The molecule has 72 valence electrons. The van der Waals surface area contributed by atoms with Crippen molar-refractivity contribution in [1.82, 2.24) is 5.32 Å². The number of rotatable bonds is 2. The summed E-state index contributed by atoms with van der Waals surface area (Å²) >= 11 is 4.37. The van der Waals surface area contributed by atoms with Crippen LogP contribution in [0.3, 0.4) is 0 Å². The molecule has 0 bridgehead atoms. The van der Waals surface area contributed by atoms with Gasteiger partial charge in [-0.2, -0.15) is 12.6 Å². The number of hydrogen-bond acceptors (Lipinski definition) is 2. The summed E-state index contributed by atoms with van der Waals surface area (Å²) in [5.41, 5.74) is 0. The number of thiol groups is 1. The maximum Gasteiger partial charge on any atom is 0.0475 e. The van der Waals surface area contributed by atoms with Crippen LogP contribution in [-0.4, -0.2) is 11.4 Å². The first-order valence-electron chi connectivity index (χ1n) is 5.14. The van der Waals surface area contributed by atoms with Crippen LogP contribution in [0.4, 0.5) is 0 Å². The van der Waals surface area contributed by atoms with Gasteiger partial charge in [-0.05, 0) is 25.7 Å². The molecule has 0 heterocycles. The lowest BCUT2D eigenvalue weighted by Gasteiger charge is -2.24. The van der Waals surface area contributed by atoms with Crippen molar-refractivity contribution < 1.29 is 0 Å². The first-order valence-corrected chi connectivity index (χ1v) is 5.66. The van der Waals surface area contributed by atoms with E-state index in [0.717, 1.165) is 5.92 Å². The van der Waals surface area contributed by atoms with Gasteiger partial charge in [-0.25, -0.2) is 0 Å². The third kappa shape index (κ3) is 3.36. The van der Waals surface area contributed by atoms with Gasteiger partial charge in [0.15, 0.2) is 0 Å². The monoisotopic (exact) mass is 187 g/mol. The van der Waals surface area contributed by atoms with Gasteiger partial charge in [-0.1, -0.05) is 26.2 Å². The molecule has 1 saturated carbocycles. The fourth-order valence-electron chi connectivity index (χ4n) is 2.05. The molecule has 0 amide bonds. The topological polar surface area (TPSA) is 12.0 Å². The maximum absolute atomic E-state index is 4.37. The molecule has 1 N–H and O–H groups in total. The molecule has 0 radical (unpaired) electrons. The molecule has 1 aliphatic carbocycles. The molecule has 1 fully saturated rings. The highest BCUT2D eigenvalue weighted by Gasteiger charge is 2.19. The van der Waals surface area contributed by atoms with Crippen LogP contribution in [0.25, 0.3) is 0 Å². The second-order valence-corrected chi connectivity index (χ2v) is 4.84. The highest BCUT2D eigenvalue weighted by molar-refractivity contribution is 7.80. The van der Waals surface area contributed by atoms with Crippen molar-refractivity contribution in [1.29, 1.82) is 0 Å². The van der Waals surface area contributed by atoms with Crippen LogP contribution in [0.5, 0.6) is 0 Å². The van der Waals surface area contributed by atoms with Crippen molar-refractivity contribution in [3.63, 3.8) is 0 Å². The molecule has 1 aliphatic rings. The van der Waals surface area contributed by atoms with Gasteiger partial charge in [0.2, 0.25) is 0 Å². The molecule has 12 heavy (non-hydrogen) atoms. The van der Waals surface area contributed by atoms with Crippen LogP contribution in [0.15, 0.2) is 0 Å². The Balaban J connectivity index is 2.36. The van der Waals surface area contributed by atoms with Crippen LogP contribution in [0.2, 0.25) is 0 Å². The zero-order chi connectivity index (χ0) is 8.97. The Kier molecular flexibility index (Phi) is 4.44. The van der Waals surface area contributed by atoms with Crippen molar-refractivity contribution in [2.24, 2.45) is 5.92 Å². The lowest BCUT2D eigenvalue weighted by atomic mass is 9.97. The Bertz CT molecular complexity index is 125. The van der Waals surface area contributed by atoms with Gasteiger partial charge in [-0.3, -0.25) is 0 Å². The van der Waals surface area contributed by atoms with Gasteiger partial charge in [0, 0.05) is 11.4 Å². The van der Waals surface area contributed by atoms with Crippen LogP contribution in [-0.2, 0) is 0 Å². The predicted molar refractivity (Wildman–Crippen MR) is 57.6 cm³/mol. The smallest absolute Gasteiger partial charge is 0.0475 e. The first kappa shape index (κ1) is 10.4. The standard InChI is InChI=1S/C10H21NS/c1-8-6-4-3-5-7-10(8)11-9(2)12/h8-12H,3-7H2,1-2H3. The minimum absolute atomic E-state index is 0.343. The van der Waals surface area contributed by atoms with Crippen molar-refractivity contribution in [2.45, 2.75) is 57.4 Å². The summed E-state index contributed by atoms with van der Waals surface area (Å²) in [6, 6.07) is 0.708. The van der Waals surface area contributed by atoms with Gasteiger partial charge >= 0.3 is 0 Å². The fourth-order valence-corrected chi connectivity index (χ4v) is 2.24. The largest absolute Gasteiger partial charge is 0.303 e. The van der Waals surface area contributed by atoms with Gasteiger partial charge in [0.1, 0.15) is 0 Å². The maximum atomic E-state index is 4.37. The van der Waals surface area contributed by atoms with E-state index in [1.165, 1.54) is 32.1 Å². The van der Waals surface area contributed by atoms with E-state index in [0.29, 0.717) is 11.4 Å². The van der Waals surface area contributed by atoms with Crippen molar-refractivity contribution in [2.75, 3.05) is 0 Å². The van der Waals surface area contributed by atoms with E-state index >= 15 is 0 Å². The summed E-state index contributed by atoms with van der Waals surface area (Å²) in [4.78, 5) is 0. The molecule has 0 aromatic heterocycles. The van der Waals surface area contributed by atoms with E-state index in [9.17, 15) is 0 Å². The summed E-state index contributed by atoms with van der Waals surface area (Å²) in [7, 11) is 0. The van der Waals surface area contributed by atoms with E-state index in [4.69, 9.17) is 0 Å². The molecule has 1 nitrogen and oxygen atoms in total. The average Bonchev–Trinajstić information content (AvgIpc) is 2.16. The Morgan fingerprint density at radius 1 is 1.25 bits per heavy atom. The quantitative estimate of drug-likeness (QED) is 0.385. The highest BCUT2D eigenvalue weighted by atomic mass is 32.1. The zero-order valence-corrected chi connectivity index (χ0v) is 9.11. The van der Waals surface area contributed by atoms with Crippen molar-refractivity contribution in [3.8, 4) is 0 Å². The molecule has 3 unspecified atom stereocenters. The summed E-state index contributed by atoms with van der Waals surface area (Å²) < 4.78 is 0. The van der Waals surface area contributed by atoms with E-state index in [2.05, 4.69) is 31.8 Å². The van der Waals surface area contributed by atoms with E-state index in [1.807, 2.05) is 0 Å². The predicted octanol–water partition coefficient (Wildman–Crippen LogP) is 2.82. The molecule has 1 rings (SSSR count). The van der Waals surface area contributed by atoms with Crippen molar-refractivity contribution >= 4 is 12.6 Å². The highest BCUT2D eigenvalue weighted by Crippen LogP contribution is 2.23. The minimum Gasteiger partial charge on any atom is -0.303 e. The third-order valence-electron chi connectivity index (χ3n) is 2.82. The number of hydrogen-bond donors (Lipinski definition) is 2. The Hall–Kier alpha value is 0.310. The Morgan fingerprint density at radius 3 is 2.58 bits per heavy atom. The zero-order valence-electron chi connectivity index (χ0n) is 8.21. The Morgan fingerprint density at radius 2 is 1.92 bits per heavy atom. The summed E-state index contributed by atoms with van der Waals surface area (Å²) in [6.45, 7) is 4.47. The minimum atomic E-state index is 0.343. The fraction of sp³-hybridized carbons (Fsp3) is 1.00. The van der Waals surface area contributed by atoms with Gasteiger partial charge in [0.25, 0.3) is 0 Å². The molecular formula is C10H21NS.